The number of aliphatic carboxylic acids is 1. The highest BCUT2D eigenvalue weighted by molar-refractivity contribution is 5.82. The molecule has 0 aromatic carbocycles. The van der Waals surface area contributed by atoms with Gasteiger partial charge >= 0.3 is 5.97 Å². The Morgan fingerprint density at radius 1 is 1.50 bits per heavy atom. The number of nitrogens with zero attached hydrogens (tertiary/aromatic N) is 3. The number of pyridine rings is 1. The van der Waals surface area contributed by atoms with E-state index < -0.39 is 11.4 Å². The van der Waals surface area contributed by atoms with Crippen molar-refractivity contribution >= 4 is 17.0 Å². The Morgan fingerprint density at radius 3 is 2.75 bits per heavy atom. The van der Waals surface area contributed by atoms with Crippen LogP contribution < -0.4 is 0 Å². The molecular formula is C11H13N3O2. The molecule has 0 radical (unpaired) electrons. The molecule has 0 saturated carbocycles. The van der Waals surface area contributed by atoms with Crippen LogP contribution in [0.3, 0.4) is 0 Å². The third-order valence-electron chi connectivity index (χ3n) is 2.78. The van der Waals surface area contributed by atoms with E-state index in [0.717, 1.165) is 5.52 Å². The second-order valence-corrected chi connectivity index (χ2v) is 4.29. The number of hydrogen-bond acceptors (Lipinski definition) is 3. The number of hydrogen-bond donors (Lipinski definition) is 1. The van der Waals surface area contributed by atoms with Gasteiger partial charge in [0.25, 0.3) is 0 Å². The molecule has 2 rings (SSSR count). The van der Waals surface area contributed by atoms with Crippen LogP contribution in [-0.2, 0) is 17.3 Å². The molecule has 2 aromatic rings. The van der Waals surface area contributed by atoms with Gasteiger partial charge in [0.05, 0.1) is 11.7 Å². The van der Waals surface area contributed by atoms with E-state index in [9.17, 15) is 9.90 Å². The first-order valence-electron chi connectivity index (χ1n) is 4.95. The lowest BCUT2D eigenvalue weighted by molar-refractivity contribution is -0.142. The summed E-state index contributed by atoms with van der Waals surface area (Å²) in [6.45, 7) is 3.29. The first kappa shape index (κ1) is 10.6. The van der Waals surface area contributed by atoms with Crippen molar-refractivity contribution in [2.75, 3.05) is 0 Å². The lowest BCUT2D eigenvalue weighted by Crippen LogP contribution is -2.31. The van der Waals surface area contributed by atoms with E-state index in [-0.39, 0.29) is 0 Å². The van der Waals surface area contributed by atoms with Crippen LogP contribution >= 0.6 is 0 Å². The van der Waals surface area contributed by atoms with Crippen molar-refractivity contribution in [2.24, 2.45) is 7.05 Å². The summed E-state index contributed by atoms with van der Waals surface area (Å²) in [5.74, 6) is -0.359. The van der Waals surface area contributed by atoms with Gasteiger partial charge in [-0.15, -0.1) is 0 Å². The van der Waals surface area contributed by atoms with Crippen LogP contribution in [0.25, 0.3) is 11.0 Å². The maximum Gasteiger partial charge on any atom is 0.316 e. The largest absolute Gasteiger partial charge is 0.481 e. The fourth-order valence-corrected chi connectivity index (χ4v) is 1.71. The van der Waals surface area contributed by atoms with Crippen LogP contribution in [0.1, 0.15) is 19.7 Å². The van der Waals surface area contributed by atoms with E-state index in [0.29, 0.717) is 11.3 Å². The molecular weight excluding hydrogens is 206 g/mol. The third kappa shape index (κ3) is 1.36. The summed E-state index contributed by atoms with van der Waals surface area (Å²) in [5.41, 5.74) is 0.599. The van der Waals surface area contributed by atoms with Gasteiger partial charge in [-0.1, -0.05) is 0 Å². The highest BCUT2D eigenvalue weighted by atomic mass is 16.4. The number of rotatable bonds is 2. The lowest BCUT2D eigenvalue weighted by atomic mass is 9.93. The predicted molar refractivity (Wildman–Crippen MR) is 59.2 cm³/mol. The molecule has 0 saturated heterocycles. The Kier molecular flexibility index (Phi) is 2.18. The van der Waals surface area contributed by atoms with Crippen molar-refractivity contribution in [3.63, 3.8) is 0 Å². The van der Waals surface area contributed by atoms with Crippen molar-refractivity contribution in [3.05, 3.63) is 24.3 Å². The van der Waals surface area contributed by atoms with Gasteiger partial charge in [0.2, 0.25) is 0 Å². The highest BCUT2D eigenvalue weighted by Crippen LogP contribution is 2.25. The van der Waals surface area contributed by atoms with E-state index in [4.69, 9.17) is 0 Å². The fraction of sp³-hybridized carbons (Fsp3) is 0.364. The van der Waals surface area contributed by atoms with Crippen LogP contribution in [0.5, 0.6) is 0 Å². The Labute approximate surface area is 92.8 Å². The number of aryl methyl sites for hydroxylation is 1. The minimum absolute atomic E-state index is 0.531. The van der Waals surface area contributed by atoms with Crippen molar-refractivity contribution < 1.29 is 9.90 Å². The van der Waals surface area contributed by atoms with E-state index >= 15 is 0 Å². The zero-order valence-electron chi connectivity index (χ0n) is 9.43. The minimum Gasteiger partial charge on any atom is -0.481 e. The molecule has 2 heterocycles. The van der Waals surface area contributed by atoms with Crippen LogP contribution in [0.2, 0.25) is 0 Å². The maximum atomic E-state index is 11.2. The molecule has 0 aliphatic carbocycles. The molecule has 0 unspecified atom stereocenters. The molecule has 5 nitrogen and oxygen atoms in total. The van der Waals surface area contributed by atoms with Crippen molar-refractivity contribution in [2.45, 2.75) is 19.3 Å². The molecule has 0 spiro atoms. The summed E-state index contributed by atoms with van der Waals surface area (Å²) in [6, 6.07) is 1.82. The Morgan fingerprint density at radius 2 is 2.19 bits per heavy atom. The van der Waals surface area contributed by atoms with Gasteiger partial charge in [-0.25, -0.2) is 4.98 Å². The SMILES string of the molecule is Cn1c(C(C)(C)C(=O)O)nc2cnccc21. The van der Waals surface area contributed by atoms with Crippen molar-refractivity contribution in [1.29, 1.82) is 0 Å². The second-order valence-electron chi connectivity index (χ2n) is 4.29. The first-order valence-corrected chi connectivity index (χ1v) is 4.95. The van der Waals surface area contributed by atoms with Crippen LogP contribution in [0.4, 0.5) is 0 Å². The number of carboxylic acid groups (broad SMARTS) is 1. The summed E-state index contributed by atoms with van der Waals surface area (Å²) in [7, 11) is 1.81. The summed E-state index contributed by atoms with van der Waals surface area (Å²) in [6.07, 6.45) is 3.30. The first-order chi connectivity index (χ1) is 7.44. The van der Waals surface area contributed by atoms with Crippen LogP contribution in [-0.4, -0.2) is 25.6 Å². The zero-order valence-corrected chi connectivity index (χ0v) is 9.43. The predicted octanol–water partition coefficient (Wildman–Crippen LogP) is 1.33. The zero-order chi connectivity index (χ0) is 11.9. The van der Waals surface area contributed by atoms with Gasteiger partial charge in [0.1, 0.15) is 16.8 Å². The molecule has 0 aliphatic heterocycles. The molecule has 0 bridgehead atoms. The molecule has 0 fully saturated rings. The van der Waals surface area contributed by atoms with Gasteiger partial charge in [0.15, 0.2) is 0 Å². The summed E-state index contributed by atoms with van der Waals surface area (Å²) < 4.78 is 1.80. The Balaban J connectivity index is 2.71. The van der Waals surface area contributed by atoms with Crippen molar-refractivity contribution in [1.82, 2.24) is 14.5 Å². The molecule has 84 valence electrons. The molecule has 2 aromatic heterocycles. The Bertz CT molecular complexity index is 557. The van der Waals surface area contributed by atoms with Gasteiger partial charge in [-0.3, -0.25) is 9.78 Å². The minimum atomic E-state index is -1.01. The average Bonchev–Trinajstić information content (AvgIpc) is 2.57. The maximum absolute atomic E-state index is 11.2. The van der Waals surface area contributed by atoms with Gasteiger partial charge < -0.3 is 9.67 Å². The summed E-state index contributed by atoms with van der Waals surface area (Å²) >= 11 is 0. The van der Waals surface area contributed by atoms with Gasteiger partial charge in [0, 0.05) is 13.2 Å². The highest BCUT2D eigenvalue weighted by Gasteiger charge is 2.34. The number of fused-ring (bicyclic) bond motifs is 1. The van der Waals surface area contributed by atoms with E-state index in [2.05, 4.69) is 9.97 Å². The standard InChI is InChI=1S/C11H13N3O2/c1-11(2,10(15)16)9-13-7-6-12-5-4-8(7)14(9)3/h4-6H,1-3H3,(H,15,16). The topological polar surface area (TPSA) is 68.0 Å². The molecule has 0 atom stereocenters. The molecule has 16 heavy (non-hydrogen) atoms. The quantitative estimate of drug-likeness (QED) is 0.827. The molecule has 5 heteroatoms. The second kappa shape index (κ2) is 3.30. The fourth-order valence-electron chi connectivity index (χ4n) is 1.71. The average molecular weight is 219 g/mol. The van der Waals surface area contributed by atoms with E-state index in [1.807, 2.05) is 13.1 Å². The van der Waals surface area contributed by atoms with E-state index in [1.165, 1.54) is 0 Å². The molecule has 1 N–H and O–H groups in total. The summed E-state index contributed by atoms with van der Waals surface area (Å²) in [4.78, 5) is 19.5. The van der Waals surface area contributed by atoms with Crippen molar-refractivity contribution in [3.8, 4) is 0 Å². The lowest BCUT2D eigenvalue weighted by Gasteiger charge is -2.18. The summed E-state index contributed by atoms with van der Waals surface area (Å²) in [5, 5.41) is 9.18. The number of carbonyl (C=O) groups is 1. The number of carboxylic acids is 1. The van der Waals surface area contributed by atoms with E-state index in [1.54, 1.807) is 30.8 Å². The smallest absolute Gasteiger partial charge is 0.316 e. The van der Waals surface area contributed by atoms with Gasteiger partial charge in [-0.2, -0.15) is 0 Å². The molecule has 0 amide bonds. The van der Waals surface area contributed by atoms with Crippen LogP contribution in [0.15, 0.2) is 18.5 Å². The normalized spacial score (nSPS) is 11.9. The monoisotopic (exact) mass is 219 g/mol. The third-order valence-corrected chi connectivity index (χ3v) is 2.78. The molecule has 0 aliphatic rings. The number of aromatic nitrogens is 3. The Hall–Kier alpha value is -1.91. The number of imidazole rings is 1. The van der Waals surface area contributed by atoms with Crippen LogP contribution in [0, 0.1) is 0 Å². The van der Waals surface area contributed by atoms with Gasteiger partial charge in [-0.05, 0) is 19.9 Å².